The molecule has 0 fully saturated rings. The van der Waals surface area contributed by atoms with Crippen LogP contribution in [0.4, 0.5) is 10.1 Å². The average Bonchev–Trinajstić information content (AvgIpc) is 2.82. The van der Waals surface area contributed by atoms with Gasteiger partial charge < -0.3 is 14.8 Å². The van der Waals surface area contributed by atoms with Crippen LogP contribution in [0.5, 0.6) is 11.5 Å². The van der Waals surface area contributed by atoms with Crippen molar-refractivity contribution in [3.05, 3.63) is 83.7 Å². The lowest BCUT2D eigenvalue weighted by atomic mass is 10.2. The van der Waals surface area contributed by atoms with Crippen LogP contribution in [0, 0.1) is 12.7 Å². The molecule has 0 spiro atoms. The summed E-state index contributed by atoms with van der Waals surface area (Å²) in [4.78, 5) is 12.6. The Labute approximate surface area is 192 Å². The lowest BCUT2D eigenvalue weighted by molar-refractivity contribution is -0.119. The van der Waals surface area contributed by atoms with Gasteiger partial charge in [0.1, 0.15) is 12.4 Å². The molecule has 1 N–H and O–H groups in total. The molecule has 1 amide bonds. The number of rotatable bonds is 9. The Kier molecular flexibility index (Phi) is 7.55. The molecule has 0 aliphatic rings. The van der Waals surface area contributed by atoms with Crippen LogP contribution < -0.4 is 19.1 Å². The molecule has 33 heavy (non-hydrogen) atoms. The first kappa shape index (κ1) is 24.1. The first-order chi connectivity index (χ1) is 15.8. The van der Waals surface area contributed by atoms with E-state index in [1.54, 1.807) is 42.5 Å². The van der Waals surface area contributed by atoms with Crippen molar-refractivity contribution in [3.63, 3.8) is 0 Å². The zero-order valence-electron chi connectivity index (χ0n) is 18.5. The molecule has 3 rings (SSSR count). The van der Waals surface area contributed by atoms with Crippen molar-refractivity contribution in [2.24, 2.45) is 0 Å². The normalized spacial score (nSPS) is 11.0. The zero-order valence-corrected chi connectivity index (χ0v) is 19.4. The SMILES string of the molecule is COc1ccc(S(=O)(=O)N(CC(=O)NCc2ccccc2F)c2ccc(C)cc2)cc1OC. The Morgan fingerprint density at radius 1 is 0.970 bits per heavy atom. The van der Waals surface area contributed by atoms with Crippen LogP contribution >= 0.6 is 0 Å². The highest BCUT2D eigenvalue weighted by Crippen LogP contribution is 2.32. The maximum atomic E-state index is 13.9. The van der Waals surface area contributed by atoms with Crippen molar-refractivity contribution in [2.45, 2.75) is 18.4 Å². The van der Waals surface area contributed by atoms with Gasteiger partial charge in [-0.25, -0.2) is 12.8 Å². The van der Waals surface area contributed by atoms with Gasteiger partial charge in [0.05, 0.1) is 24.8 Å². The van der Waals surface area contributed by atoms with Gasteiger partial charge >= 0.3 is 0 Å². The van der Waals surface area contributed by atoms with Gasteiger partial charge in [-0.1, -0.05) is 35.9 Å². The number of ether oxygens (including phenoxy) is 2. The quantitative estimate of drug-likeness (QED) is 0.514. The van der Waals surface area contributed by atoms with Crippen LogP contribution in [-0.4, -0.2) is 35.1 Å². The van der Waals surface area contributed by atoms with Gasteiger partial charge in [-0.3, -0.25) is 9.10 Å². The van der Waals surface area contributed by atoms with Gasteiger partial charge in [-0.15, -0.1) is 0 Å². The number of methoxy groups -OCH3 is 2. The molecule has 3 aromatic rings. The fourth-order valence-electron chi connectivity index (χ4n) is 3.15. The number of sulfonamides is 1. The predicted molar refractivity (Wildman–Crippen MR) is 124 cm³/mol. The molecule has 0 unspecified atom stereocenters. The van der Waals surface area contributed by atoms with Crippen LogP contribution in [0.1, 0.15) is 11.1 Å². The van der Waals surface area contributed by atoms with Crippen molar-refractivity contribution in [1.82, 2.24) is 5.32 Å². The summed E-state index contributed by atoms with van der Waals surface area (Å²) in [6.45, 7) is 1.32. The van der Waals surface area contributed by atoms with E-state index in [0.29, 0.717) is 17.0 Å². The van der Waals surface area contributed by atoms with Crippen molar-refractivity contribution in [3.8, 4) is 11.5 Å². The fraction of sp³-hybridized carbons (Fsp3) is 0.208. The smallest absolute Gasteiger partial charge is 0.264 e. The van der Waals surface area contributed by atoms with Gasteiger partial charge in [0.15, 0.2) is 11.5 Å². The first-order valence-corrected chi connectivity index (χ1v) is 11.5. The largest absolute Gasteiger partial charge is 0.493 e. The molecule has 7 nitrogen and oxygen atoms in total. The second-order valence-corrected chi connectivity index (χ2v) is 9.09. The van der Waals surface area contributed by atoms with E-state index >= 15 is 0 Å². The summed E-state index contributed by atoms with van der Waals surface area (Å²) in [5.41, 5.74) is 1.55. The van der Waals surface area contributed by atoms with Crippen LogP contribution in [0.3, 0.4) is 0 Å². The highest BCUT2D eigenvalue weighted by Gasteiger charge is 2.28. The van der Waals surface area contributed by atoms with Gasteiger partial charge in [0, 0.05) is 18.2 Å². The van der Waals surface area contributed by atoms with Crippen molar-refractivity contribution >= 4 is 21.6 Å². The number of halogens is 1. The van der Waals surface area contributed by atoms with E-state index in [1.165, 1.54) is 38.5 Å². The Morgan fingerprint density at radius 2 is 1.64 bits per heavy atom. The van der Waals surface area contributed by atoms with E-state index in [-0.39, 0.29) is 17.2 Å². The minimum atomic E-state index is -4.15. The number of benzene rings is 3. The Hall–Kier alpha value is -3.59. The number of anilines is 1. The molecule has 9 heteroatoms. The number of hydrogen-bond acceptors (Lipinski definition) is 5. The van der Waals surface area contributed by atoms with Gasteiger partial charge in [0.25, 0.3) is 10.0 Å². The summed E-state index contributed by atoms with van der Waals surface area (Å²) < 4.78 is 52.4. The van der Waals surface area contributed by atoms with Crippen LogP contribution in [0.25, 0.3) is 0 Å². The molecule has 0 atom stereocenters. The molecule has 0 saturated heterocycles. The van der Waals surface area contributed by atoms with Crippen molar-refractivity contribution in [1.29, 1.82) is 0 Å². The highest BCUT2D eigenvalue weighted by molar-refractivity contribution is 7.92. The third kappa shape index (κ3) is 5.61. The predicted octanol–water partition coefficient (Wildman–Crippen LogP) is 3.66. The maximum absolute atomic E-state index is 13.9. The van der Waals surface area contributed by atoms with Gasteiger partial charge in [-0.2, -0.15) is 0 Å². The van der Waals surface area contributed by atoms with E-state index in [0.717, 1.165) is 9.87 Å². The Bertz CT molecular complexity index is 1230. The molecule has 0 aliphatic heterocycles. The topological polar surface area (TPSA) is 84.9 Å². The summed E-state index contributed by atoms with van der Waals surface area (Å²) in [7, 11) is -1.29. The second kappa shape index (κ2) is 10.4. The highest BCUT2D eigenvalue weighted by atomic mass is 32.2. The van der Waals surface area contributed by atoms with Crippen LogP contribution in [0.15, 0.2) is 71.6 Å². The molecule has 174 valence electrons. The van der Waals surface area contributed by atoms with E-state index in [4.69, 9.17) is 9.47 Å². The molecular weight excluding hydrogens is 447 g/mol. The van der Waals surface area contributed by atoms with E-state index in [9.17, 15) is 17.6 Å². The first-order valence-electron chi connectivity index (χ1n) is 10.1. The number of nitrogens with zero attached hydrogens (tertiary/aromatic N) is 1. The number of hydrogen-bond donors (Lipinski definition) is 1. The maximum Gasteiger partial charge on any atom is 0.264 e. The molecule has 3 aromatic carbocycles. The van der Waals surface area contributed by atoms with E-state index in [1.807, 2.05) is 6.92 Å². The van der Waals surface area contributed by atoms with E-state index in [2.05, 4.69) is 5.32 Å². The Balaban J connectivity index is 1.92. The summed E-state index contributed by atoms with van der Waals surface area (Å²) >= 11 is 0. The molecule has 0 aliphatic carbocycles. The van der Waals surface area contributed by atoms with E-state index < -0.39 is 28.3 Å². The van der Waals surface area contributed by atoms with Crippen molar-refractivity contribution < 1.29 is 27.1 Å². The summed E-state index contributed by atoms with van der Waals surface area (Å²) in [5.74, 6) is -0.415. The van der Waals surface area contributed by atoms with Gasteiger partial charge in [-0.05, 0) is 37.3 Å². The number of carbonyl (C=O) groups excluding carboxylic acids is 1. The molecule has 0 saturated carbocycles. The summed E-state index contributed by atoms with van der Waals surface area (Å²) in [6.07, 6.45) is 0. The number of aryl methyl sites for hydroxylation is 1. The number of nitrogens with one attached hydrogen (secondary N) is 1. The molecule has 0 aromatic heterocycles. The number of carbonyl (C=O) groups is 1. The third-order valence-electron chi connectivity index (χ3n) is 4.99. The Morgan fingerprint density at radius 3 is 2.27 bits per heavy atom. The molecule has 0 bridgehead atoms. The van der Waals surface area contributed by atoms with Crippen molar-refractivity contribution in [2.75, 3.05) is 25.1 Å². The molecule has 0 radical (unpaired) electrons. The summed E-state index contributed by atoms with van der Waals surface area (Å²) in [6, 6.07) is 17.0. The minimum absolute atomic E-state index is 0.0658. The zero-order chi connectivity index (χ0) is 24.0. The second-order valence-electron chi connectivity index (χ2n) is 7.23. The molecule has 0 heterocycles. The minimum Gasteiger partial charge on any atom is -0.493 e. The van der Waals surface area contributed by atoms with Gasteiger partial charge in [0.2, 0.25) is 5.91 Å². The average molecular weight is 473 g/mol. The third-order valence-corrected chi connectivity index (χ3v) is 6.76. The van der Waals surface area contributed by atoms with Crippen LogP contribution in [-0.2, 0) is 21.4 Å². The summed E-state index contributed by atoms with van der Waals surface area (Å²) in [5, 5.41) is 2.59. The lowest BCUT2D eigenvalue weighted by Gasteiger charge is -2.24. The fourth-order valence-corrected chi connectivity index (χ4v) is 4.59. The number of amides is 1. The monoisotopic (exact) mass is 472 g/mol. The van der Waals surface area contributed by atoms with Crippen LogP contribution in [0.2, 0.25) is 0 Å². The lowest BCUT2D eigenvalue weighted by Crippen LogP contribution is -2.40. The molecular formula is C24H25FN2O5S. The standard InChI is InChI=1S/C24H25FN2O5S/c1-17-8-10-19(11-9-17)27(16-24(28)26-15-18-6-4-5-7-21(18)25)33(29,30)20-12-13-22(31-2)23(14-20)32-3/h4-14H,15-16H2,1-3H3,(H,26,28).